The number of aromatic nitrogens is 1. The summed E-state index contributed by atoms with van der Waals surface area (Å²) >= 11 is 0. The number of carboxylic acid groups (broad SMARTS) is 2. The maximum atomic E-state index is 10.3. The molecular formula is C7H2N2O4Rb2. The van der Waals surface area contributed by atoms with E-state index in [1.165, 1.54) is 6.07 Å². The Bertz CT molecular complexity index is 390. The van der Waals surface area contributed by atoms with E-state index in [4.69, 9.17) is 5.26 Å². The van der Waals surface area contributed by atoms with Gasteiger partial charge >= 0.3 is 116 Å². The van der Waals surface area contributed by atoms with Crippen LogP contribution in [0.25, 0.3) is 0 Å². The van der Waals surface area contributed by atoms with Gasteiger partial charge in [-0.3, -0.25) is 0 Å². The van der Waals surface area contributed by atoms with E-state index in [0.29, 0.717) is 0 Å². The monoisotopic (exact) mass is 348 g/mol. The van der Waals surface area contributed by atoms with Gasteiger partial charge in [-0.1, -0.05) is 0 Å². The van der Waals surface area contributed by atoms with Gasteiger partial charge in [-0.25, -0.2) is 0 Å². The standard InChI is InChI=1S/C7H4N2O4.2Rb/c8-1-3-4(6(10)11)2-9-5(3)7(12)13;;/h2,9H,(H,10,11)(H,12,13);;/q;2*+1/p-2. The van der Waals surface area contributed by atoms with Crippen molar-refractivity contribution in [2.45, 2.75) is 0 Å². The molecule has 0 aromatic carbocycles. The normalized spacial score (nSPS) is 7.93. The number of aromatic amines is 1. The summed E-state index contributed by atoms with van der Waals surface area (Å²) in [7, 11) is 0. The summed E-state index contributed by atoms with van der Waals surface area (Å²) in [6.07, 6.45) is 0.874. The Balaban J connectivity index is 0. The molecule has 15 heavy (non-hydrogen) atoms. The smallest absolute Gasteiger partial charge is 0.545 e. The zero-order valence-corrected chi connectivity index (χ0v) is 18.0. The van der Waals surface area contributed by atoms with Crippen molar-refractivity contribution < 1.29 is 136 Å². The van der Waals surface area contributed by atoms with Gasteiger partial charge in [-0.15, -0.1) is 0 Å². The van der Waals surface area contributed by atoms with Gasteiger partial charge < -0.3 is 24.8 Å². The molecule has 0 saturated carbocycles. The number of H-pyrrole nitrogens is 1. The SMILES string of the molecule is N#Cc1c(C(=O)[O-])c[nH]c1C(=O)[O-].[Rb+].[Rb+]. The van der Waals surface area contributed by atoms with Crippen LogP contribution < -0.4 is 127 Å². The van der Waals surface area contributed by atoms with Crippen molar-refractivity contribution in [2.24, 2.45) is 0 Å². The number of carboxylic acids is 2. The van der Waals surface area contributed by atoms with E-state index in [1.54, 1.807) is 0 Å². The molecular weight excluding hydrogens is 347 g/mol. The Morgan fingerprint density at radius 2 is 1.80 bits per heavy atom. The molecule has 1 aromatic rings. The zero-order chi connectivity index (χ0) is 10.0. The van der Waals surface area contributed by atoms with Crippen LogP contribution in [0.1, 0.15) is 26.4 Å². The number of rotatable bonds is 2. The summed E-state index contributed by atoms with van der Waals surface area (Å²) in [6.45, 7) is 0. The first-order valence-electron chi connectivity index (χ1n) is 3.12. The van der Waals surface area contributed by atoms with Crippen LogP contribution in [0.3, 0.4) is 0 Å². The van der Waals surface area contributed by atoms with Gasteiger partial charge in [0, 0.05) is 11.8 Å². The molecule has 0 aliphatic carbocycles. The Kier molecular flexibility index (Phi) is 10.5. The van der Waals surface area contributed by atoms with Crippen LogP contribution in [-0.2, 0) is 0 Å². The third-order valence-corrected chi connectivity index (χ3v) is 1.42. The number of nitrogens with one attached hydrogen (secondary N) is 1. The second-order valence-corrected chi connectivity index (χ2v) is 2.14. The van der Waals surface area contributed by atoms with E-state index >= 15 is 0 Å². The minimum Gasteiger partial charge on any atom is -0.545 e. The van der Waals surface area contributed by atoms with Crippen LogP contribution in [0.15, 0.2) is 6.20 Å². The second kappa shape index (κ2) is 8.42. The third kappa shape index (κ3) is 4.60. The fourth-order valence-corrected chi connectivity index (χ4v) is 0.861. The molecule has 0 bridgehead atoms. The van der Waals surface area contributed by atoms with Crippen LogP contribution in [0, 0.1) is 11.3 Å². The first-order chi connectivity index (χ1) is 6.07. The summed E-state index contributed by atoms with van der Waals surface area (Å²) < 4.78 is 0. The van der Waals surface area contributed by atoms with Gasteiger partial charge in [0.1, 0.15) is 6.07 Å². The molecule has 1 heterocycles. The van der Waals surface area contributed by atoms with Crippen LogP contribution in [0.4, 0.5) is 0 Å². The van der Waals surface area contributed by atoms with Crippen LogP contribution in [-0.4, -0.2) is 16.9 Å². The van der Waals surface area contributed by atoms with E-state index in [1.807, 2.05) is 0 Å². The maximum Gasteiger partial charge on any atom is 1.00 e. The van der Waals surface area contributed by atoms with Crippen molar-refractivity contribution >= 4 is 11.9 Å². The van der Waals surface area contributed by atoms with Crippen LogP contribution in [0.5, 0.6) is 0 Å². The van der Waals surface area contributed by atoms with Gasteiger partial charge in [0.2, 0.25) is 0 Å². The first kappa shape index (κ1) is 18.7. The van der Waals surface area contributed by atoms with Gasteiger partial charge in [-0.05, 0) is 0 Å². The zero-order valence-electron chi connectivity index (χ0n) is 8.16. The predicted molar refractivity (Wildman–Crippen MR) is 34.2 cm³/mol. The molecule has 66 valence electrons. The molecule has 0 saturated heterocycles. The topological polar surface area (TPSA) is 120 Å². The number of hydrogen-bond acceptors (Lipinski definition) is 5. The van der Waals surface area contributed by atoms with E-state index in [-0.39, 0.29) is 116 Å². The summed E-state index contributed by atoms with van der Waals surface area (Å²) in [6, 6.07) is 1.43. The van der Waals surface area contributed by atoms with Crippen LogP contribution >= 0.6 is 0 Å². The molecule has 0 unspecified atom stereocenters. The molecule has 0 aliphatic rings. The van der Waals surface area contributed by atoms with Crippen molar-refractivity contribution in [2.75, 3.05) is 0 Å². The number of carbonyl (C=O) groups excluding carboxylic acids is 2. The number of carbonyl (C=O) groups is 2. The Morgan fingerprint density at radius 3 is 2.13 bits per heavy atom. The average molecular weight is 349 g/mol. The summed E-state index contributed by atoms with van der Waals surface area (Å²) in [5, 5.41) is 29.1. The molecule has 0 amide bonds. The molecule has 1 rings (SSSR count). The van der Waals surface area contributed by atoms with Gasteiger partial charge in [-0.2, -0.15) is 5.26 Å². The molecule has 0 radical (unpaired) electrons. The minimum atomic E-state index is -1.64. The van der Waals surface area contributed by atoms with E-state index in [2.05, 4.69) is 4.98 Å². The van der Waals surface area contributed by atoms with E-state index in [0.717, 1.165) is 6.20 Å². The van der Waals surface area contributed by atoms with E-state index in [9.17, 15) is 19.8 Å². The quantitative estimate of drug-likeness (QED) is 0.569. The Morgan fingerprint density at radius 1 is 1.27 bits per heavy atom. The molecule has 0 fully saturated rings. The molecule has 8 heteroatoms. The summed E-state index contributed by atoms with van der Waals surface area (Å²) in [5.74, 6) is -3.25. The van der Waals surface area contributed by atoms with Crippen molar-refractivity contribution in [1.29, 1.82) is 5.26 Å². The Hall–Kier alpha value is 1.32. The molecule has 0 atom stereocenters. The third-order valence-electron chi connectivity index (χ3n) is 1.42. The Labute approximate surface area is 183 Å². The fraction of sp³-hybridized carbons (Fsp3) is 0. The molecule has 0 aliphatic heterocycles. The van der Waals surface area contributed by atoms with Gasteiger partial charge in [0.15, 0.2) is 0 Å². The largest absolute Gasteiger partial charge is 1.00 e. The molecule has 0 spiro atoms. The number of nitrogens with zero attached hydrogens (tertiary/aromatic N) is 1. The van der Waals surface area contributed by atoms with Gasteiger partial charge in [0.05, 0.1) is 23.2 Å². The van der Waals surface area contributed by atoms with Crippen molar-refractivity contribution in [3.05, 3.63) is 23.0 Å². The maximum absolute atomic E-state index is 10.3. The average Bonchev–Trinajstić information content (AvgIpc) is 2.46. The molecule has 1 N–H and O–H groups in total. The first-order valence-corrected chi connectivity index (χ1v) is 3.12. The predicted octanol–water partition coefficient (Wildman–Crippen LogP) is -8.38. The number of hydrogen-bond donors (Lipinski definition) is 1. The molecule has 1 aromatic heterocycles. The van der Waals surface area contributed by atoms with Gasteiger partial charge in [0.25, 0.3) is 0 Å². The van der Waals surface area contributed by atoms with Crippen molar-refractivity contribution in [3.63, 3.8) is 0 Å². The molecule has 6 nitrogen and oxygen atoms in total. The summed E-state index contributed by atoms with van der Waals surface area (Å²) in [5.41, 5.74) is -1.52. The van der Waals surface area contributed by atoms with Crippen LogP contribution in [0.2, 0.25) is 0 Å². The van der Waals surface area contributed by atoms with Crippen molar-refractivity contribution in [3.8, 4) is 6.07 Å². The summed E-state index contributed by atoms with van der Waals surface area (Å²) in [4.78, 5) is 22.7. The number of nitriles is 1. The number of aromatic carboxylic acids is 2. The van der Waals surface area contributed by atoms with Crippen molar-refractivity contribution in [1.82, 2.24) is 4.98 Å². The fourth-order valence-electron chi connectivity index (χ4n) is 0.861. The van der Waals surface area contributed by atoms with E-state index < -0.39 is 28.8 Å². The second-order valence-electron chi connectivity index (χ2n) is 2.14. The minimum absolute atomic E-state index is 0.